The number of halogens is 1. The Labute approximate surface area is 124 Å². The smallest absolute Gasteiger partial charge is 0.329 e. The Balaban J connectivity index is 2.59. The van der Waals surface area contributed by atoms with Crippen LogP contribution in [0.4, 0.5) is 0 Å². The molecule has 0 aliphatic carbocycles. The number of hydrogen-bond acceptors (Lipinski definition) is 2. The predicted molar refractivity (Wildman–Crippen MR) is 78.9 cm³/mol. The van der Waals surface area contributed by atoms with Crippen molar-refractivity contribution in [2.45, 2.75) is 45.1 Å². The zero-order chi connectivity index (χ0) is 15.2. The second kappa shape index (κ2) is 7.29. The highest BCUT2D eigenvalue weighted by Crippen LogP contribution is 2.17. The highest BCUT2D eigenvalue weighted by molar-refractivity contribution is 6.31. The zero-order valence-corrected chi connectivity index (χ0v) is 12.5. The van der Waals surface area contributed by atoms with Gasteiger partial charge in [0.05, 0.1) is 0 Å². The first-order valence-electron chi connectivity index (χ1n) is 6.67. The van der Waals surface area contributed by atoms with Gasteiger partial charge in [0.2, 0.25) is 5.91 Å². The number of rotatable bonds is 7. The third-order valence-corrected chi connectivity index (χ3v) is 3.59. The summed E-state index contributed by atoms with van der Waals surface area (Å²) in [5.74, 6) is -1.28. The molecule has 1 amide bonds. The van der Waals surface area contributed by atoms with Gasteiger partial charge in [0.15, 0.2) is 0 Å². The van der Waals surface area contributed by atoms with Crippen LogP contribution in [0.3, 0.4) is 0 Å². The number of amides is 1. The van der Waals surface area contributed by atoms with E-state index in [9.17, 15) is 14.7 Å². The largest absolute Gasteiger partial charge is 0.480 e. The summed E-state index contributed by atoms with van der Waals surface area (Å²) in [5, 5.41) is 12.4. The minimum absolute atomic E-state index is 0.219. The molecule has 0 radical (unpaired) electrons. The summed E-state index contributed by atoms with van der Waals surface area (Å²) in [6, 6.07) is 7.32. The van der Waals surface area contributed by atoms with Crippen LogP contribution in [0.25, 0.3) is 0 Å². The summed E-state index contributed by atoms with van der Waals surface area (Å²) < 4.78 is 0. The number of carbonyl (C=O) groups excluding carboxylic acids is 1. The number of benzene rings is 1. The van der Waals surface area contributed by atoms with E-state index in [2.05, 4.69) is 5.32 Å². The summed E-state index contributed by atoms with van der Waals surface area (Å²) in [6.07, 6.45) is 1.80. The highest BCUT2D eigenvalue weighted by Gasteiger charge is 2.33. The van der Waals surface area contributed by atoms with Crippen molar-refractivity contribution in [2.24, 2.45) is 0 Å². The fraction of sp³-hybridized carbons (Fsp3) is 0.467. The summed E-state index contributed by atoms with van der Waals surface area (Å²) in [7, 11) is 0. The van der Waals surface area contributed by atoms with Crippen molar-refractivity contribution in [3.8, 4) is 0 Å². The van der Waals surface area contributed by atoms with Gasteiger partial charge in [0, 0.05) is 11.4 Å². The molecule has 20 heavy (non-hydrogen) atoms. The lowest BCUT2D eigenvalue weighted by molar-refractivity contribution is -0.147. The molecular weight excluding hydrogens is 278 g/mol. The molecule has 5 heteroatoms. The van der Waals surface area contributed by atoms with Gasteiger partial charge >= 0.3 is 5.97 Å². The molecule has 0 aliphatic rings. The topological polar surface area (TPSA) is 66.4 Å². The Morgan fingerprint density at radius 1 is 1.35 bits per heavy atom. The van der Waals surface area contributed by atoms with Crippen LogP contribution in [-0.4, -0.2) is 22.5 Å². The number of hydrogen-bond donors (Lipinski definition) is 2. The molecule has 0 saturated carbocycles. The maximum atomic E-state index is 11.9. The highest BCUT2D eigenvalue weighted by atomic mass is 35.5. The number of aliphatic carboxylic acids is 1. The van der Waals surface area contributed by atoms with E-state index in [0.717, 1.165) is 5.56 Å². The summed E-state index contributed by atoms with van der Waals surface area (Å²) in [4.78, 5) is 23.1. The van der Waals surface area contributed by atoms with Gasteiger partial charge in [-0.25, -0.2) is 4.79 Å². The molecule has 1 aromatic rings. The molecule has 2 N–H and O–H groups in total. The summed E-state index contributed by atoms with van der Waals surface area (Å²) >= 11 is 6.02. The van der Waals surface area contributed by atoms with Crippen molar-refractivity contribution < 1.29 is 14.7 Å². The van der Waals surface area contributed by atoms with Crippen LogP contribution in [0, 0.1) is 0 Å². The Kier molecular flexibility index (Phi) is 6.02. The SMILES string of the molecule is CCCC(C)(NC(=O)CCc1ccccc1Cl)C(=O)O. The second-order valence-corrected chi connectivity index (χ2v) is 5.43. The summed E-state index contributed by atoms with van der Waals surface area (Å²) in [6.45, 7) is 3.42. The average Bonchev–Trinajstić information content (AvgIpc) is 2.38. The molecule has 110 valence electrons. The van der Waals surface area contributed by atoms with E-state index < -0.39 is 11.5 Å². The van der Waals surface area contributed by atoms with E-state index in [4.69, 9.17) is 11.6 Å². The van der Waals surface area contributed by atoms with E-state index in [-0.39, 0.29) is 12.3 Å². The lowest BCUT2D eigenvalue weighted by atomic mass is 9.96. The first-order valence-corrected chi connectivity index (χ1v) is 7.04. The molecule has 1 aromatic carbocycles. The third kappa shape index (κ3) is 4.53. The molecule has 0 fully saturated rings. The van der Waals surface area contributed by atoms with Gasteiger partial charge in [0.1, 0.15) is 5.54 Å². The molecule has 1 atom stereocenters. The third-order valence-electron chi connectivity index (χ3n) is 3.22. The van der Waals surface area contributed by atoms with E-state index in [1.165, 1.54) is 6.92 Å². The molecule has 4 nitrogen and oxygen atoms in total. The van der Waals surface area contributed by atoms with Crippen LogP contribution in [0.15, 0.2) is 24.3 Å². The molecule has 0 spiro atoms. The molecule has 0 saturated heterocycles. The standard InChI is InChI=1S/C15H20ClNO3/c1-3-10-15(2,14(19)20)17-13(18)9-8-11-6-4-5-7-12(11)16/h4-7H,3,8-10H2,1-2H3,(H,17,18)(H,19,20). The van der Waals surface area contributed by atoms with Crippen molar-refractivity contribution in [1.82, 2.24) is 5.32 Å². The van der Waals surface area contributed by atoms with Crippen molar-refractivity contribution in [3.05, 3.63) is 34.9 Å². The van der Waals surface area contributed by atoms with Crippen molar-refractivity contribution in [2.75, 3.05) is 0 Å². The van der Waals surface area contributed by atoms with Gasteiger partial charge in [0.25, 0.3) is 0 Å². The van der Waals surface area contributed by atoms with E-state index in [0.29, 0.717) is 24.3 Å². The van der Waals surface area contributed by atoms with Gasteiger partial charge in [-0.05, 0) is 31.4 Å². The van der Waals surface area contributed by atoms with Crippen LogP contribution in [0.2, 0.25) is 5.02 Å². The predicted octanol–water partition coefficient (Wildman–Crippen LogP) is 3.03. The van der Waals surface area contributed by atoms with Crippen LogP contribution < -0.4 is 5.32 Å². The Hall–Kier alpha value is -1.55. The van der Waals surface area contributed by atoms with Gasteiger partial charge in [-0.2, -0.15) is 0 Å². The van der Waals surface area contributed by atoms with Crippen LogP contribution >= 0.6 is 11.6 Å². The summed E-state index contributed by atoms with van der Waals surface area (Å²) in [5.41, 5.74) is -0.316. The normalized spacial score (nSPS) is 13.6. The number of aryl methyl sites for hydroxylation is 1. The second-order valence-electron chi connectivity index (χ2n) is 5.03. The lowest BCUT2D eigenvalue weighted by Crippen LogP contribution is -2.52. The fourth-order valence-corrected chi connectivity index (χ4v) is 2.27. The van der Waals surface area contributed by atoms with E-state index >= 15 is 0 Å². The first kappa shape index (κ1) is 16.5. The fourth-order valence-electron chi connectivity index (χ4n) is 2.04. The van der Waals surface area contributed by atoms with Gasteiger partial charge in [-0.1, -0.05) is 43.1 Å². The minimum Gasteiger partial charge on any atom is -0.480 e. The number of carboxylic acids is 1. The van der Waals surface area contributed by atoms with Crippen LogP contribution in [-0.2, 0) is 16.0 Å². The minimum atomic E-state index is -1.20. The number of carboxylic acid groups (broad SMARTS) is 1. The van der Waals surface area contributed by atoms with Gasteiger partial charge < -0.3 is 10.4 Å². The number of carbonyl (C=O) groups is 2. The monoisotopic (exact) mass is 297 g/mol. The van der Waals surface area contributed by atoms with Crippen LogP contribution in [0.5, 0.6) is 0 Å². The molecule has 1 rings (SSSR count). The van der Waals surface area contributed by atoms with Crippen molar-refractivity contribution in [1.29, 1.82) is 0 Å². The average molecular weight is 298 g/mol. The van der Waals surface area contributed by atoms with Crippen molar-refractivity contribution in [3.63, 3.8) is 0 Å². The van der Waals surface area contributed by atoms with Crippen LogP contribution in [0.1, 0.15) is 38.7 Å². The zero-order valence-electron chi connectivity index (χ0n) is 11.8. The lowest BCUT2D eigenvalue weighted by Gasteiger charge is -2.25. The molecule has 1 unspecified atom stereocenters. The molecule has 0 bridgehead atoms. The maximum absolute atomic E-state index is 11.9. The Morgan fingerprint density at radius 3 is 2.55 bits per heavy atom. The molecule has 0 heterocycles. The van der Waals surface area contributed by atoms with E-state index in [1.807, 2.05) is 25.1 Å². The van der Waals surface area contributed by atoms with Gasteiger partial charge in [-0.15, -0.1) is 0 Å². The number of nitrogens with one attached hydrogen (secondary N) is 1. The van der Waals surface area contributed by atoms with Gasteiger partial charge in [-0.3, -0.25) is 4.79 Å². The van der Waals surface area contributed by atoms with Crippen molar-refractivity contribution >= 4 is 23.5 Å². The van der Waals surface area contributed by atoms with E-state index in [1.54, 1.807) is 6.07 Å². The molecular formula is C15H20ClNO3. The Bertz CT molecular complexity index is 490. The Morgan fingerprint density at radius 2 is 2.00 bits per heavy atom. The maximum Gasteiger partial charge on any atom is 0.329 e. The molecule has 0 aromatic heterocycles. The first-order chi connectivity index (χ1) is 9.39. The molecule has 0 aliphatic heterocycles. The quantitative estimate of drug-likeness (QED) is 0.813.